The van der Waals surface area contributed by atoms with Crippen LogP contribution < -0.4 is 0 Å². The van der Waals surface area contributed by atoms with Gasteiger partial charge in [-0.05, 0) is 27.2 Å². The SMILES string of the molecule is CC(C)(C)OC(=O)N1CC[C@@H](c2ncon2)C1. The van der Waals surface area contributed by atoms with E-state index in [1.807, 2.05) is 20.8 Å². The van der Waals surface area contributed by atoms with Crippen LogP contribution in [-0.4, -0.2) is 39.8 Å². The summed E-state index contributed by atoms with van der Waals surface area (Å²) in [6, 6.07) is 0. The molecule has 0 bridgehead atoms. The number of aromatic nitrogens is 2. The number of likely N-dealkylation sites (tertiary alicyclic amines) is 1. The third-order valence-corrected chi connectivity index (χ3v) is 2.58. The molecular formula is C11H17N3O3. The van der Waals surface area contributed by atoms with E-state index in [-0.39, 0.29) is 12.0 Å². The van der Waals surface area contributed by atoms with Crippen LogP contribution in [0.15, 0.2) is 10.9 Å². The van der Waals surface area contributed by atoms with Crippen LogP contribution in [0.25, 0.3) is 0 Å². The van der Waals surface area contributed by atoms with Gasteiger partial charge < -0.3 is 14.2 Å². The van der Waals surface area contributed by atoms with Crippen molar-refractivity contribution in [1.82, 2.24) is 15.0 Å². The van der Waals surface area contributed by atoms with Crippen LogP contribution in [0.3, 0.4) is 0 Å². The summed E-state index contributed by atoms with van der Waals surface area (Å²) in [5, 5.41) is 3.80. The van der Waals surface area contributed by atoms with Crippen molar-refractivity contribution in [2.45, 2.75) is 38.7 Å². The quantitative estimate of drug-likeness (QED) is 0.747. The Bertz CT molecular complexity index is 383. The smallest absolute Gasteiger partial charge is 0.410 e. The molecule has 0 aromatic carbocycles. The molecule has 2 heterocycles. The Hall–Kier alpha value is -1.59. The molecule has 1 amide bonds. The highest BCUT2D eigenvalue weighted by molar-refractivity contribution is 5.68. The molecular weight excluding hydrogens is 222 g/mol. The van der Waals surface area contributed by atoms with Crippen LogP contribution in [-0.2, 0) is 4.74 Å². The summed E-state index contributed by atoms with van der Waals surface area (Å²) in [6.07, 6.45) is 1.88. The number of amides is 1. The van der Waals surface area contributed by atoms with Crippen LogP contribution >= 0.6 is 0 Å². The third-order valence-electron chi connectivity index (χ3n) is 2.58. The van der Waals surface area contributed by atoms with E-state index >= 15 is 0 Å². The first-order valence-electron chi connectivity index (χ1n) is 5.70. The van der Waals surface area contributed by atoms with Crippen molar-refractivity contribution in [2.75, 3.05) is 13.1 Å². The zero-order valence-corrected chi connectivity index (χ0v) is 10.3. The molecule has 94 valence electrons. The molecule has 0 saturated carbocycles. The molecule has 0 spiro atoms. The maximum Gasteiger partial charge on any atom is 0.410 e. The van der Waals surface area contributed by atoms with Crippen molar-refractivity contribution < 1.29 is 14.1 Å². The maximum atomic E-state index is 11.8. The molecule has 0 unspecified atom stereocenters. The Kier molecular flexibility index (Phi) is 3.04. The van der Waals surface area contributed by atoms with Gasteiger partial charge in [-0.2, -0.15) is 4.98 Å². The van der Waals surface area contributed by atoms with Crippen molar-refractivity contribution in [3.8, 4) is 0 Å². The minimum absolute atomic E-state index is 0.154. The molecule has 0 aliphatic carbocycles. The molecule has 6 nitrogen and oxygen atoms in total. The van der Waals surface area contributed by atoms with Gasteiger partial charge >= 0.3 is 6.09 Å². The average molecular weight is 239 g/mol. The molecule has 1 atom stereocenters. The number of ether oxygens (including phenoxy) is 1. The molecule has 2 rings (SSSR count). The lowest BCUT2D eigenvalue weighted by Gasteiger charge is -2.24. The molecule has 1 aliphatic heterocycles. The van der Waals surface area contributed by atoms with E-state index in [2.05, 4.69) is 10.1 Å². The lowest BCUT2D eigenvalue weighted by Crippen LogP contribution is -2.35. The van der Waals surface area contributed by atoms with E-state index in [4.69, 9.17) is 9.26 Å². The first kappa shape index (κ1) is 11.9. The predicted molar refractivity (Wildman–Crippen MR) is 59.5 cm³/mol. The van der Waals surface area contributed by atoms with Crippen LogP contribution in [0.1, 0.15) is 38.9 Å². The highest BCUT2D eigenvalue weighted by Gasteiger charge is 2.32. The summed E-state index contributed by atoms with van der Waals surface area (Å²) in [5.41, 5.74) is -0.457. The summed E-state index contributed by atoms with van der Waals surface area (Å²) >= 11 is 0. The van der Waals surface area contributed by atoms with Gasteiger partial charge in [-0.1, -0.05) is 5.16 Å². The van der Waals surface area contributed by atoms with Crippen molar-refractivity contribution in [3.05, 3.63) is 12.2 Å². The fraction of sp³-hybridized carbons (Fsp3) is 0.727. The van der Waals surface area contributed by atoms with Gasteiger partial charge in [0, 0.05) is 19.0 Å². The van der Waals surface area contributed by atoms with Gasteiger partial charge in [-0.25, -0.2) is 4.79 Å². The average Bonchev–Trinajstić information content (AvgIpc) is 2.86. The number of hydrogen-bond acceptors (Lipinski definition) is 5. The summed E-state index contributed by atoms with van der Waals surface area (Å²) in [6.45, 7) is 6.84. The van der Waals surface area contributed by atoms with Crippen molar-refractivity contribution in [1.29, 1.82) is 0 Å². The summed E-state index contributed by atoms with van der Waals surface area (Å²) in [7, 11) is 0. The monoisotopic (exact) mass is 239 g/mol. The predicted octanol–water partition coefficient (Wildman–Crippen LogP) is 1.79. The van der Waals surface area contributed by atoms with Gasteiger partial charge in [0.2, 0.25) is 6.39 Å². The second kappa shape index (κ2) is 4.35. The largest absolute Gasteiger partial charge is 0.444 e. The minimum atomic E-state index is -0.457. The fourth-order valence-electron chi connectivity index (χ4n) is 1.82. The number of carbonyl (C=O) groups excluding carboxylic acids is 1. The molecule has 1 aliphatic rings. The van der Waals surface area contributed by atoms with Gasteiger partial charge in [0.15, 0.2) is 5.82 Å². The van der Waals surface area contributed by atoms with Crippen LogP contribution in [0.4, 0.5) is 4.79 Å². The van der Waals surface area contributed by atoms with Gasteiger partial charge in [-0.15, -0.1) is 0 Å². The van der Waals surface area contributed by atoms with E-state index in [9.17, 15) is 4.79 Å². The first-order valence-corrected chi connectivity index (χ1v) is 5.70. The molecule has 0 radical (unpaired) electrons. The molecule has 17 heavy (non-hydrogen) atoms. The Balaban J connectivity index is 1.92. The van der Waals surface area contributed by atoms with Crippen molar-refractivity contribution >= 4 is 6.09 Å². The van der Waals surface area contributed by atoms with E-state index in [0.717, 1.165) is 6.42 Å². The number of nitrogens with zero attached hydrogens (tertiary/aromatic N) is 3. The van der Waals surface area contributed by atoms with Crippen LogP contribution in [0, 0.1) is 0 Å². The zero-order valence-electron chi connectivity index (χ0n) is 10.3. The lowest BCUT2D eigenvalue weighted by molar-refractivity contribution is 0.0292. The Morgan fingerprint density at radius 3 is 2.94 bits per heavy atom. The van der Waals surface area contributed by atoms with Crippen molar-refractivity contribution in [3.63, 3.8) is 0 Å². The van der Waals surface area contributed by atoms with Crippen molar-refractivity contribution in [2.24, 2.45) is 0 Å². The van der Waals surface area contributed by atoms with Gasteiger partial charge in [-0.3, -0.25) is 0 Å². The Morgan fingerprint density at radius 1 is 1.59 bits per heavy atom. The van der Waals surface area contributed by atoms with E-state index in [1.54, 1.807) is 4.90 Å². The van der Waals surface area contributed by atoms with Gasteiger partial charge in [0.1, 0.15) is 5.60 Å². The highest BCUT2D eigenvalue weighted by atomic mass is 16.6. The number of rotatable bonds is 1. The lowest BCUT2D eigenvalue weighted by atomic mass is 10.1. The second-order valence-electron chi connectivity index (χ2n) is 5.20. The summed E-state index contributed by atoms with van der Waals surface area (Å²) in [4.78, 5) is 17.5. The Labute approximate surface area is 99.9 Å². The highest BCUT2D eigenvalue weighted by Crippen LogP contribution is 2.25. The normalized spacial score (nSPS) is 20.6. The van der Waals surface area contributed by atoms with Gasteiger partial charge in [0.25, 0.3) is 0 Å². The molecule has 1 fully saturated rings. The zero-order chi connectivity index (χ0) is 12.5. The van der Waals surface area contributed by atoms with E-state index < -0.39 is 5.60 Å². The third kappa shape index (κ3) is 2.95. The first-order chi connectivity index (χ1) is 7.96. The molecule has 1 saturated heterocycles. The number of hydrogen-bond donors (Lipinski definition) is 0. The summed E-state index contributed by atoms with van der Waals surface area (Å²) < 4.78 is 10.0. The topological polar surface area (TPSA) is 68.5 Å². The standard InChI is InChI=1S/C11H17N3O3/c1-11(2,3)17-10(15)14-5-4-8(6-14)9-12-7-16-13-9/h7-8H,4-6H2,1-3H3/t8-/m1/s1. The van der Waals surface area contributed by atoms with E-state index in [1.165, 1.54) is 6.39 Å². The molecule has 6 heteroatoms. The fourth-order valence-corrected chi connectivity index (χ4v) is 1.82. The maximum absolute atomic E-state index is 11.8. The summed E-state index contributed by atoms with van der Waals surface area (Å²) in [5.74, 6) is 0.817. The van der Waals surface area contributed by atoms with E-state index in [0.29, 0.717) is 18.9 Å². The second-order valence-corrected chi connectivity index (χ2v) is 5.20. The number of carbonyl (C=O) groups is 1. The molecule has 1 aromatic heterocycles. The van der Waals surface area contributed by atoms with Crippen LogP contribution in [0.5, 0.6) is 0 Å². The van der Waals surface area contributed by atoms with Gasteiger partial charge in [0.05, 0.1) is 0 Å². The van der Waals surface area contributed by atoms with Crippen LogP contribution in [0.2, 0.25) is 0 Å². The Morgan fingerprint density at radius 2 is 2.35 bits per heavy atom. The minimum Gasteiger partial charge on any atom is -0.444 e. The molecule has 0 N–H and O–H groups in total. The molecule has 1 aromatic rings.